The van der Waals surface area contributed by atoms with Gasteiger partial charge in [0.2, 0.25) is 5.91 Å². The van der Waals surface area contributed by atoms with E-state index in [-0.39, 0.29) is 11.6 Å². The predicted octanol–water partition coefficient (Wildman–Crippen LogP) is 10.5. The second kappa shape index (κ2) is 17.1. The van der Waals surface area contributed by atoms with E-state index < -0.39 is 17.1 Å². The van der Waals surface area contributed by atoms with E-state index in [9.17, 15) is 19.6 Å². The Labute approximate surface area is 318 Å². The number of hydrogen-bond donors (Lipinski definition) is 3. The van der Waals surface area contributed by atoms with Gasteiger partial charge in [0.25, 0.3) is 11.8 Å². The van der Waals surface area contributed by atoms with Crippen molar-refractivity contribution in [3.8, 4) is 17.2 Å². The van der Waals surface area contributed by atoms with E-state index in [2.05, 4.69) is 22.0 Å². The van der Waals surface area contributed by atoms with Crippen molar-refractivity contribution in [3.05, 3.63) is 177 Å². The van der Waals surface area contributed by atoms with Gasteiger partial charge in [-0.1, -0.05) is 114 Å². The van der Waals surface area contributed by atoms with Crippen LogP contribution in [0.3, 0.4) is 0 Å². The number of carbonyl (C=O) groups excluding carboxylic acids is 3. The summed E-state index contributed by atoms with van der Waals surface area (Å²) in [5.74, 6) is -1.38. The van der Waals surface area contributed by atoms with Gasteiger partial charge in [0.15, 0.2) is 0 Å². The van der Waals surface area contributed by atoms with E-state index in [1.807, 2.05) is 72.1 Å². The number of thioether (sulfide) groups is 1. The van der Waals surface area contributed by atoms with Crippen molar-refractivity contribution < 1.29 is 14.4 Å². The van der Waals surface area contributed by atoms with Crippen LogP contribution < -0.4 is 16.0 Å². The minimum absolute atomic E-state index is 0.0446. The highest BCUT2D eigenvalue weighted by atomic mass is 35.5. The molecule has 0 spiro atoms. The Balaban J connectivity index is 1.25. The number of carbonyl (C=O) groups is 3. The minimum Gasteiger partial charge on any atom is -0.321 e. The minimum atomic E-state index is -0.700. The lowest BCUT2D eigenvalue weighted by molar-refractivity contribution is -0.116. The number of nitrogens with one attached hydrogen (secondary N) is 3. The van der Waals surface area contributed by atoms with Crippen molar-refractivity contribution in [2.75, 3.05) is 10.6 Å². The largest absolute Gasteiger partial charge is 0.321 e. The number of halogens is 2. The molecule has 11 heteroatoms. The van der Waals surface area contributed by atoms with Crippen LogP contribution in [-0.2, 0) is 9.59 Å². The molecule has 0 saturated carbocycles. The highest BCUT2D eigenvalue weighted by molar-refractivity contribution is 8.00. The number of thiophene rings is 1. The Kier molecular flexibility index (Phi) is 11.9. The van der Waals surface area contributed by atoms with Crippen molar-refractivity contribution >= 4 is 80.8 Å². The van der Waals surface area contributed by atoms with Crippen LogP contribution in [0.15, 0.2) is 149 Å². The average molecular weight is 760 g/mol. The lowest BCUT2D eigenvalue weighted by atomic mass is 10.1. The Morgan fingerprint density at radius 1 is 0.788 bits per heavy atom. The van der Waals surface area contributed by atoms with Gasteiger partial charge in [0, 0.05) is 37.1 Å². The quantitative estimate of drug-likeness (QED) is 0.0900. The summed E-state index contributed by atoms with van der Waals surface area (Å²) in [7, 11) is 0. The third-order valence-electron chi connectivity index (χ3n) is 7.70. The van der Waals surface area contributed by atoms with Gasteiger partial charge in [-0.25, -0.2) is 0 Å². The van der Waals surface area contributed by atoms with Gasteiger partial charge in [-0.3, -0.25) is 14.4 Å². The molecular weight excluding hydrogens is 732 g/mol. The first kappa shape index (κ1) is 36.2. The molecule has 0 aliphatic heterocycles. The molecule has 3 N–H and O–H groups in total. The standard InChI is InChI=1S/C41H28Cl2N4O3S2/c42-30-20-19-29(35(43)22-30)21-36(46-38(48)28-15-8-3-9-16-28)39(49)45-31-17-10-18-32(23-31)52-37(27-13-6-2-7-14-27)40(50)47-41-33(24-44)34(25-51-41)26-11-4-1-5-12-26/h1-23,25,37H,(H,45,49)(H,46,48)(H,47,50)/b36-21+. The van der Waals surface area contributed by atoms with Crippen LogP contribution in [-0.4, -0.2) is 17.7 Å². The summed E-state index contributed by atoms with van der Waals surface area (Å²) in [6, 6.07) is 41.5. The topological polar surface area (TPSA) is 111 Å². The summed E-state index contributed by atoms with van der Waals surface area (Å²) >= 11 is 15.1. The van der Waals surface area contributed by atoms with Crippen molar-refractivity contribution in [1.82, 2.24) is 5.32 Å². The second-order valence-electron chi connectivity index (χ2n) is 11.3. The number of anilines is 2. The Morgan fingerprint density at radius 3 is 2.17 bits per heavy atom. The first-order valence-corrected chi connectivity index (χ1v) is 18.3. The molecule has 1 atom stereocenters. The van der Waals surface area contributed by atoms with Gasteiger partial charge in [-0.05, 0) is 65.2 Å². The second-order valence-corrected chi connectivity index (χ2v) is 14.2. The zero-order chi connectivity index (χ0) is 36.5. The molecular formula is C41H28Cl2N4O3S2. The van der Waals surface area contributed by atoms with Crippen LogP contribution in [0.25, 0.3) is 17.2 Å². The maximum atomic E-state index is 14.0. The molecule has 0 aliphatic carbocycles. The van der Waals surface area contributed by atoms with Crippen LogP contribution in [0.4, 0.5) is 10.7 Å². The third-order valence-corrected chi connectivity index (χ3v) is 10.4. The normalized spacial score (nSPS) is 11.6. The number of amides is 3. The summed E-state index contributed by atoms with van der Waals surface area (Å²) in [5, 5.41) is 21.0. The molecule has 0 bridgehead atoms. The first-order chi connectivity index (χ1) is 25.3. The summed E-state index contributed by atoms with van der Waals surface area (Å²) < 4.78 is 0. The van der Waals surface area contributed by atoms with E-state index in [4.69, 9.17) is 23.2 Å². The molecule has 52 heavy (non-hydrogen) atoms. The van der Waals surface area contributed by atoms with Gasteiger partial charge in [-0.15, -0.1) is 23.1 Å². The summed E-state index contributed by atoms with van der Waals surface area (Å²) in [6.07, 6.45) is 1.48. The van der Waals surface area contributed by atoms with Gasteiger partial charge in [0.1, 0.15) is 22.0 Å². The van der Waals surface area contributed by atoms with Gasteiger partial charge in [-0.2, -0.15) is 5.26 Å². The zero-order valence-electron chi connectivity index (χ0n) is 27.2. The smallest absolute Gasteiger partial charge is 0.272 e. The average Bonchev–Trinajstić information content (AvgIpc) is 3.57. The fourth-order valence-electron chi connectivity index (χ4n) is 5.17. The van der Waals surface area contributed by atoms with Crippen LogP contribution >= 0.6 is 46.3 Å². The van der Waals surface area contributed by atoms with E-state index in [0.29, 0.717) is 42.3 Å². The fraction of sp³-hybridized carbons (Fsp3) is 0.0244. The van der Waals surface area contributed by atoms with Crippen molar-refractivity contribution in [1.29, 1.82) is 5.26 Å². The van der Waals surface area contributed by atoms with Gasteiger partial charge >= 0.3 is 0 Å². The molecule has 256 valence electrons. The first-order valence-electron chi connectivity index (χ1n) is 15.8. The molecule has 0 saturated heterocycles. The van der Waals surface area contributed by atoms with E-state index in [0.717, 1.165) is 16.7 Å². The Morgan fingerprint density at radius 2 is 1.48 bits per heavy atom. The number of hydrogen-bond acceptors (Lipinski definition) is 6. The maximum absolute atomic E-state index is 14.0. The van der Waals surface area contributed by atoms with Crippen molar-refractivity contribution in [2.45, 2.75) is 10.1 Å². The van der Waals surface area contributed by atoms with Gasteiger partial charge < -0.3 is 16.0 Å². The maximum Gasteiger partial charge on any atom is 0.272 e. The number of benzene rings is 5. The van der Waals surface area contributed by atoms with Gasteiger partial charge in [0.05, 0.1) is 5.56 Å². The molecule has 0 radical (unpaired) electrons. The molecule has 0 aliphatic rings. The fourth-order valence-corrected chi connectivity index (χ4v) is 7.64. The lowest BCUT2D eigenvalue weighted by Gasteiger charge is -2.18. The molecule has 3 amide bonds. The van der Waals surface area contributed by atoms with E-state index in [1.165, 1.54) is 29.2 Å². The molecule has 1 heterocycles. The molecule has 1 unspecified atom stereocenters. The predicted molar refractivity (Wildman–Crippen MR) is 212 cm³/mol. The van der Waals surface area contributed by atoms with E-state index >= 15 is 0 Å². The number of rotatable bonds is 11. The highest BCUT2D eigenvalue weighted by Gasteiger charge is 2.25. The lowest BCUT2D eigenvalue weighted by Crippen LogP contribution is -2.30. The van der Waals surface area contributed by atoms with Crippen molar-refractivity contribution in [3.63, 3.8) is 0 Å². The molecule has 5 aromatic carbocycles. The summed E-state index contributed by atoms with van der Waals surface area (Å²) in [5.41, 5.74) is 4.03. The van der Waals surface area contributed by atoms with Crippen molar-refractivity contribution in [2.24, 2.45) is 0 Å². The SMILES string of the molecule is N#Cc1c(-c2ccccc2)csc1NC(=O)C(Sc1cccc(NC(=O)/C(=C\c2ccc(Cl)cc2Cl)NC(=O)c2ccccc2)c1)c1ccccc1. The van der Waals surface area contributed by atoms with E-state index in [1.54, 1.807) is 66.7 Å². The Hall–Kier alpha value is -5.63. The monoisotopic (exact) mass is 758 g/mol. The molecule has 7 nitrogen and oxygen atoms in total. The zero-order valence-corrected chi connectivity index (χ0v) is 30.3. The summed E-state index contributed by atoms with van der Waals surface area (Å²) in [4.78, 5) is 41.5. The van der Waals surface area contributed by atoms with Crippen LogP contribution in [0.2, 0.25) is 10.0 Å². The Bertz CT molecular complexity index is 2310. The number of nitriles is 1. The molecule has 6 aromatic rings. The van der Waals surface area contributed by atoms with Crippen LogP contribution in [0, 0.1) is 11.3 Å². The van der Waals surface area contributed by atoms with Crippen LogP contribution in [0.5, 0.6) is 0 Å². The third kappa shape index (κ3) is 8.99. The molecule has 6 rings (SSSR count). The molecule has 1 aromatic heterocycles. The number of nitrogens with zero attached hydrogens (tertiary/aromatic N) is 1. The molecule has 0 fully saturated rings. The highest BCUT2D eigenvalue weighted by Crippen LogP contribution is 2.40. The van der Waals surface area contributed by atoms with Crippen LogP contribution in [0.1, 0.15) is 32.3 Å². The summed E-state index contributed by atoms with van der Waals surface area (Å²) in [6.45, 7) is 0.